The van der Waals surface area contributed by atoms with Crippen LogP contribution in [0.25, 0.3) is 0 Å². The number of carbonyl (C=O) groups is 1. The van der Waals surface area contributed by atoms with E-state index in [4.69, 9.17) is 0 Å². The number of benzene rings is 1. The highest BCUT2D eigenvalue weighted by atomic mass is 19.2. The molecule has 0 fully saturated rings. The molecule has 1 aromatic carbocycles. The smallest absolute Gasteiger partial charge is 0.261 e. The van der Waals surface area contributed by atoms with Gasteiger partial charge in [0.1, 0.15) is 6.33 Å². The third-order valence-electron chi connectivity index (χ3n) is 1.99. The van der Waals surface area contributed by atoms with Crippen LogP contribution in [0.15, 0.2) is 12.4 Å². The van der Waals surface area contributed by atoms with E-state index in [1.807, 2.05) is 5.32 Å². The Hall–Kier alpha value is -2.45. The number of hydrogen-bond donors (Lipinski definition) is 2. The second-order valence-corrected chi connectivity index (χ2v) is 3.14. The molecule has 0 atom stereocenters. The van der Waals surface area contributed by atoms with Gasteiger partial charge in [0, 0.05) is 0 Å². The van der Waals surface area contributed by atoms with Crippen LogP contribution in [-0.4, -0.2) is 21.1 Å². The van der Waals surface area contributed by atoms with Crippen LogP contribution in [0.1, 0.15) is 10.4 Å². The number of halogens is 4. The highest BCUT2D eigenvalue weighted by Gasteiger charge is 2.23. The number of nitrogens with one attached hydrogen (secondary N) is 2. The normalized spacial score (nSPS) is 10.4. The first-order valence-electron chi connectivity index (χ1n) is 4.50. The molecule has 94 valence electrons. The van der Waals surface area contributed by atoms with E-state index in [1.165, 1.54) is 0 Å². The number of nitrogens with zero attached hydrogens (tertiary/aromatic N) is 2. The first-order valence-corrected chi connectivity index (χ1v) is 4.50. The molecule has 2 rings (SSSR count). The molecule has 0 aliphatic rings. The maximum atomic E-state index is 13.2. The van der Waals surface area contributed by atoms with Crippen LogP contribution in [0.5, 0.6) is 0 Å². The summed E-state index contributed by atoms with van der Waals surface area (Å²) in [6.45, 7) is 0. The minimum absolute atomic E-state index is 0.149. The van der Waals surface area contributed by atoms with Gasteiger partial charge in [-0.3, -0.25) is 10.1 Å². The first-order chi connectivity index (χ1) is 8.50. The van der Waals surface area contributed by atoms with Crippen LogP contribution in [0.2, 0.25) is 0 Å². The first kappa shape index (κ1) is 12.0. The standard InChI is InChI=1S/C9H4F4N4O/c10-4-1-3(5(11)7(13)6(4)12)8(18)16-9-14-2-15-17-9/h1-2H,(H2,14,15,16,17,18). The lowest BCUT2D eigenvalue weighted by Gasteiger charge is -2.05. The fourth-order valence-corrected chi connectivity index (χ4v) is 1.18. The van der Waals surface area contributed by atoms with Gasteiger partial charge in [-0.25, -0.2) is 22.7 Å². The van der Waals surface area contributed by atoms with Crippen molar-refractivity contribution in [1.82, 2.24) is 15.2 Å². The second-order valence-electron chi connectivity index (χ2n) is 3.14. The van der Waals surface area contributed by atoms with Crippen LogP contribution in [-0.2, 0) is 0 Å². The zero-order valence-electron chi connectivity index (χ0n) is 8.47. The van der Waals surface area contributed by atoms with Crippen molar-refractivity contribution in [2.24, 2.45) is 0 Å². The number of hydrogen-bond acceptors (Lipinski definition) is 3. The van der Waals surface area contributed by atoms with Gasteiger partial charge in [-0.15, -0.1) is 0 Å². The maximum absolute atomic E-state index is 13.2. The molecule has 0 saturated heterocycles. The molecule has 1 aromatic heterocycles. The number of amides is 1. The van der Waals surface area contributed by atoms with Gasteiger partial charge in [0.05, 0.1) is 5.56 Å². The van der Waals surface area contributed by atoms with E-state index in [9.17, 15) is 22.4 Å². The Labute approximate surface area is 96.8 Å². The van der Waals surface area contributed by atoms with Crippen molar-refractivity contribution in [1.29, 1.82) is 0 Å². The average molecular weight is 260 g/mol. The number of H-pyrrole nitrogens is 1. The van der Waals surface area contributed by atoms with Crippen LogP contribution in [0.3, 0.4) is 0 Å². The van der Waals surface area contributed by atoms with Crippen molar-refractivity contribution in [3.63, 3.8) is 0 Å². The van der Waals surface area contributed by atoms with Crippen LogP contribution in [0, 0.1) is 23.3 Å². The molecule has 0 bridgehead atoms. The fraction of sp³-hybridized carbons (Fsp3) is 0. The van der Waals surface area contributed by atoms with Gasteiger partial charge in [0.2, 0.25) is 5.95 Å². The summed E-state index contributed by atoms with van der Waals surface area (Å²) in [6, 6.07) is 0.249. The van der Waals surface area contributed by atoms with Crippen LogP contribution in [0.4, 0.5) is 23.5 Å². The van der Waals surface area contributed by atoms with E-state index in [2.05, 4.69) is 15.2 Å². The SMILES string of the molecule is O=C(Nc1ncn[nH]1)c1cc(F)c(F)c(F)c1F. The highest BCUT2D eigenvalue weighted by molar-refractivity contribution is 6.03. The Morgan fingerprint density at radius 3 is 2.50 bits per heavy atom. The third-order valence-corrected chi connectivity index (χ3v) is 1.99. The van der Waals surface area contributed by atoms with Gasteiger partial charge in [-0.1, -0.05) is 0 Å². The van der Waals surface area contributed by atoms with Crippen molar-refractivity contribution in [3.05, 3.63) is 41.2 Å². The molecule has 18 heavy (non-hydrogen) atoms. The minimum Gasteiger partial charge on any atom is -0.291 e. The Bertz CT molecular complexity index is 599. The van der Waals surface area contributed by atoms with E-state index in [1.54, 1.807) is 0 Å². The zero-order valence-corrected chi connectivity index (χ0v) is 8.47. The Balaban J connectivity index is 2.36. The molecule has 5 nitrogen and oxygen atoms in total. The highest BCUT2D eigenvalue weighted by Crippen LogP contribution is 2.19. The largest absolute Gasteiger partial charge is 0.291 e. The molecule has 1 heterocycles. The van der Waals surface area contributed by atoms with Gasteiger partial charge in [-0.2, -0.15) is 10.1 Å². The quantitative estimate of drug-likeness (QED) is 0.489. The molecule has 0 radical (unpaired) electrons. The second kappa shape index (κ2) is 4.43. The van der Waals surface area contributed by atoms with Crippen molar-refractivity contribution < 1.29 is 22.4 Å². The molecule has 2 aromatic rings. The third kappa shape index (κ3) is 2.01. The molecule has 9 heteroatoms. The molecular weight excluding hydrogens is 256 g/mol. The summed E-state index contributed by atoms with van der Waals surface area (Å²) in [6.07, 6.45) is 1.05. The molecular formula is C9H4F4N4O. The van der Waals surface area contributed by atoms with E-state index in [0.717, 1.165) is 6.33 Å². The van der Waals surface area contributed by atoms with Crippen molar-refractivity contribution >= 4 is 11.9 Å². The summed E-state index contributed by atoms with van der Waals surface area (Å²) in [5, 5.41) is 7.60. The van der Waals surface area contributed by atoms with Crippen LogP contribution >= 0.6 is 0 Å². The molecule has 1 amide bonds. The number of anilines is 1. The van der Waals surface area contributed by atoms with Crippen molar-refractivity contribution in [2.45, 2.75) is 0 Å². The number of rotatable bonds is 2. The van der Waals surface area contributed by atoms with Crippen molar-refractivity contribution in [2.75, 3.05) is 5.32 Å². The topological polar surface area (TPSA) is 70.7 Å². The lowest BCUT2D eigenvalue weighted by Crippen LogP contribution is -2.17. The molecule has 0 spiro atoms. The summed E-state index contributed by atoms with van der Waals surface area (Å²) < 4.78 is 51.6. The summed E-state index contributed by atoms with van der Waals surface area (Å²) in [4.78, 5) is 14.9. The molecule has 0 saturated carbocycles. The van der Waals surface area contributed by atoms with Gasteiger partial charge < -0.3 is 0 Å². The van der Waals surface area contributed by atoms with Crippen LogP contribution < -0.4 is 5.32 Å². The molecule has 2 N–H and O–H groups in total. The lowest BCUT2D eigenvalue weighted by molar-refractivity contribution is 0.102. The van der Waals surface area contributed by atoms with E-state index in [-0.39, 0.29) is 12.0 Å². The van der Waals surface area contributed by atoms with Gasteiger partial charge in [0.15, 0.2) is 23.3 Å². The summed E-state index contributed by atoms with van der Waals surface area (Å²) in [5.74, 6) is -8.84. The number of aromatic amines is 1. The van der Waals surface area contributed by atoms with Gasteiger partial charge >= 0.3 is 0 Å². The van der Waals surface area contributed by atoms with Gasteiger partial charge in [-0.05, 0) is 6.07 Å². The molecule has 0 aliphatic heterocycles. The molecule has 0 unspecified atom stereocenters. The maximum Gasteiger partial charge on any atom is 0.261 e. The molecule has 0 aliphatic carbocycles. The van der Waals surface area contributed by atoms with Gasteiger partial charge in [0.25, 0.3) is 5.91 Å². The Morgan fingerprint density at radius 1 is 1.17 bits per heavy atom. The monoisotopic (exact) mass is 260 g/mol. The Kier molecular flexibility index (Phi) is 2.96. The number of aromatic nitrogens is 3. The Morgan fingerprint density at radius 2 is 1.89 bits per heavy atom. The number of carbonyl (C=O) groups excluding carboxylic acids is 1. The van der Waals surface area contributed by atoms with E-state index >= 15 is 0 Å². The summed E-state index contributed by atoms with van der Waals surface area (Å²) in [5.41, 5.74) is -0.984. The van der Waals surface area contributed by atoms with E-state index in [0.29, 0.717) is 0 Å². The summed E-state index contributed by atoms with van der Waals surface area (Å²) in [7, 11) is 0. The van der Waals surface area contributed by atoms with Crippen molar-refractivity contribution in [3.8, 4) is 0 Å². The minimum atomic E-state index is -2.06. The van der Waals surface area contributed by atoms with E-state index < -0.39 is 34.7 Å². The summed E-state index contributed by atoms with van der Waals surface area (Å²) >= 11 is 0. The lowest BCUT2D eigenvalue weighted by atomic mass is 10.1. The zero-order chi connectivity index (χ0) is 13.3. The fourth-order valence-electron chi connectivity index (χ4n) is 1.18. The predicted octanol–water partition coefficient (Wildman–Crippen LogP) is 1.61. The predicted molar refractivity (Wildman–Crippen MR) is 50.6 cm³/mol. The average Bonchev–Trinajstić information content (AvgIpc) is 2.83.